The second-order valence-electron chi connectivity index (χ2n) is 5.02. The molecule has 0 bridgehead atoms. The molecular formula is C16H19NO3S. The number of carboxylic acids is 1. The summed E-state index contributed by atoms with van der Waals surface area (Å²) in [7, 11) is 0. The average molecular weight is 305 g/mol. The molecule has 4 nitrogen and oxygen atoms in total. The van der Waals surface area contributed by atoms with Crippen LogP contribution in [0.3, 0.4) is 0 Å². The van der Waals surface area contributed by atoms with Crippen molar-refractivity contribution in [2.45, 2.75) is 26.9 Å². The minimum absolute atomic E-state index is 0.103. The number of rotatable bonds is 6. The number of aromatic nitrogens is 1. The molecule has 112 valence electrons. The fourth-order valence-electron chi connectivity index (χ4n) is 2.12. The van der Waals surface area contributed by atoms with E-state index in [9.17, 15) is 9.90 Å². The van der Waals surface area contributed by atoms with E-state index in [0.29, 0.717) is 11.5 Å². The predicted molar refractivity (Wildman–Crippen MR) is 83.7 cm³/mol. The van der Waals surface area contributed by atoms with Crippen molar-refractivity contribution in [1.82, 2.24) is 4.98 Å². The van der Waals surface area contributed by atoms with E-state index in [1.807, 2.05) is 51.1 Å². The molecule has 0 aliphatic rings. The van der Waals surface area contributed by atoms with Crippen molar-refractivity contribution in [2.24, 2.45) is 5.92 Å². The smallest absolute Gasteiger partial charge is 0.356 e. The molecule has 0 fully saturated rings. The SMILES string of the molecule is CCOC(c1nc(C(=O)O)c(-c2ccccc2)s1)C(C)C. The number of thiazole rings is 1. The lowest BCUT2D eigenvalue weighted by Gasteiger charge is -2.17. The van der Waals surface area contributed by atoms with Crippen molar-refractivity contribution in [3.05, 3.63) is 41.0 Å². The molecule has 0 aliphatic heterocycles. The molecular weight excluding hydrogens is 286 g/mol. The summed E-state index contributed by atoms with van der Waals surface area (Å²) in [4.78, 5) is 16.5. The summed E-state index contributed by atoms with van der Waals surface area (Å²) in [6.45, 7) is 6.60. The van der Waals surface area contributed by atoms with Gasteiger partial charge in [0.05, 0.1) is 4.88 Å². The van der Waals surface area contributed by atoms with Gasteiger partial charge in [-0.15, -0.1) is 11.3 Å². The van der Waals surface area contributed by atoms with Crippen LogP contribution in [0.25, 0.3) is 10.4 Å². The van der Waals surface area contributed by atoms with E-state index in [-0.39, 0.29) is 17.7 Å². The summed E-state index contributed by atoms with van der Waals surface area (Å²) in [6.07, 6.45) is -0.171. The Kier molecular flexibility index (Phi) is 5.09. The van der Waals surface area contributed by atoms with Gasteiger partial charge < -0.3 is 9.84 Å². The molecule has 2 rings (SSSR count). The number of carboxylic acid groups (broad SMARTS) is 1. The van der Waals surface area contributed by atoms with Gasteiger partial charge in [0.15, 0.2) is 5.69 Å². The van der Waals surface area contributed by atoms with E-state index in [4.69, 9.17) is 4.74 Å². The van der Waals surface area contributed by atoms with Gasteiger partial charge in [0.2, 0.25) is 0 Å². The van der Waals surface area contributed by atoms with E-state index >= 15 is 0 Å². The van der Waals surface area contributed by atoms with E-state index in [1.165, 1.54) is 11.3 Å². The third-order valence-electron chi connectivity index (χ3n) is 3.08. The molecule has 5 heteroatoms. The second-order valence-corrected chi connectivity index (χ2v) is 6.05. The Morgan fingerprint density at radius 3 is 2.52 bits per heavy atom. The summed E-state index contributed by atoms with van der Waals surface area (Å²) in [6, 6.07) is 9.48. The summed E-state index contributed by atoms with van der Waals surface area (Å²) >= 11 is 1.40. The Morgan fingerprint density at radius 2 is 2.00 bits per heavy atom. The van der Waals surface area contributed by atoms with Crippen LogP contribution in [0, 0.1) is 5.92 Å². The molecule has 1 aromatic carbocycles. The molecule has 0 spiro atoms. The first-order valence-electron chi connectivity index (χ1n) is 6.95. The highest BCUT2D eigenvalue weighted by molar-refractivity contribution is 7.15. The highest BCUT2D eigenvalue weighted by atomic mass is 32.1. The lowest BCUT2D eigenvalue weighted by atomic mass is 10.1. The molecule has 0 aliphatic carbocycles. The molecule has 1 heterocycles. The molecule has 0 amide bonds. The highest BCUT2D eigenvalue weighted by Crippen LogP contribution is 2.36. The van der Waals surface area contributed by atoms with Gasteiger partial charge >= 0.3 is 5.97 Å². The first-order chi connectivity index (χ1) is 10.0. The monoisotopic (exact) mass is 305 g/mol. The molecule has 1 unspecified atom stereocenters. The van der Waals surface area contributed by atoms with Crippen LogP contribution in [-0.4, -0.2) is 22.7 Å². The molecule has 0 saturated heterocycles. The highest BCUT2D eigenvalue weighted by Gasteiger charge is 2.25. The second kappa shape index (κ2) is 6.83. The van der Waals surface area contributed by atoms with E-state index in [2.05, 4.69) is 4.98 Å². The molecule has 0 radical (unpaired) electrons. The van der Waals surface area contributed by atoms with Gasteiger partial charge in [-0.1, -0.05) is 44.2 Å². The summed E-state index contributed by atoms with van der Waals surface area (Å²) in [5.74, 6) is -0.767. The van der Waals surface area contributed by atoms with E-state index < -0.39 is 5.97 Å². The predicted octanol–water partition coefficient (Wildman–Crippen LogP) is 4.24. The number of benzene rings is 1. The van der Waals surface area contributed by atoms with E-state index in [0.717, 1.165) is 10.6 Å². The van der Waals surface area contributed by atoms with Gasteiger partial charge in [-0.05, 0) is 18.4 Å². The third-order valence-corrected chi connectivity index (χ3v) is 4.24. The maximum absolute atomic E-state index is 11.5. The van der Waals surface area contributed by atoms with Crippen LogP contribution in [-0.2, 0) is 4.74 Å². The minimum atomic E-state index is -1.00. The summed E-state index contributed by atoms with van der Waals surface area (Å²) in [5, 5.41) is 10.1. The summed E-state index contributed by atoms with van der Waals surface area (Å²) in [5.41, 5.74) is 0.976. The first-order valence-corrected chi connectivity index (χ1v) is 7.77. The zero-order valence-electron chi connectivity index (χ0n) is 12.4. The van der Waals surface area contributed by atoms with Crippen molar-refractivity contribution < 1.29 is 14.6 Å². The molecule has 2 aromatic rings. The Morgan fingerprint density at radius 1 is 1.33 bits per heavy atom. The van der Waals surface area contributed by atoms with Gasteiger partial charge in [0.1, 0.15) is 11.1 Å². The largest absolute Gasteiger partial charge is 0.476 e. The lowest BCUT2D eigenvalue weighted by molar-refractivity contribution is 0.0291. The van der Waals surface area contributed by atoms with E-state index in [1.54, 1.807) is 0 Å². The van der Waals surface area contributed by atoms with Crippen molar-refractivity contribution in [3.63, 3.8) is 0 Å². The fourth-order valence-corrected chi connectivity index (χ4v) is 3.40. The van der Waals surface area contributed by atoms with Crippen molar-refractivity contribution in [3.8, 4) is 10.4 Å². The quantitative estimate of drug-likeness (QED) is 0.867. The maximum atomic E-state index is 11.5. The van der Waals surface area contributed by atoms with Crippen LogP contribution in [0.5, 0.6) is 0 Å². The normalized spacial score (nSPS) is 12.6. The van der Waals surface area contributed by atoms with Gasteiger partial charge in [0, 0.05) is 6.61 Å². The molecule has 1 N–H and O–H groups in total. The van der Waals surface area contributed by atoms with Crippen LogP contribution in [0.4, 0.5) is 0 Å². The Bertz CT molecular complexity index is 607. The Hall–Kier alpha value is -1.72. The maximum Gasteiger partial charge on any atom is 0.356 e. The first kappa shape index (κ1) is 15.7. The van der Waals surface area contributed by atoms with Crippen LogP contribution in [0.1, 0.15) is 42.4 Å². The van der Waals surface area contributed by atoms with Crippen LogP contribution < -0.4 is 0 Å². The van der Waals surface area contributed by atoms with Crippen LogP contribution >= 0.6 is 11.3 Å². The molecule has 0 saturated carbocycles. The Balaban J connectivity index is 2.49. The zero-order chi connectivity index (χ0) is 15.4. The van der Waals surface area contributed by atoms with Gasteiger partial charge in [-0.25, -0.2) is 9.78 Å². The van der Waals surface area contributed by atoms with Crippen molar-refractivity contribution in [2.75, 3.05) is 6.61 Å². The van der Waals surface area contributed by atoms with Gasteiger partial charge in [0.25, 0.3) is 0 Å². The molecule has 1 aromatic heterocycles. The lowest BCUT2D eigenvalue weighted by Crippen LogP contribution is -2.11. The van der Waals surface area contributed by atoms with Crippen LogP contribution in [0.2, 0.25) is 0 Å². The number of aromatic carboxylic acids is 1. The van der Waals surface area contributed by atoms with Gasteiger partial charge in [-0.3, -0.25) is 0 Å². The number of nitrogens with zero attached hydrogens (tertiary/aromatic N) is 1. The number of ether oxygens (including phenoxy) is 1. The minimum Gasteiger partial charge on any atom is -0.476 e. The van der Waals surface area contributed by atoms with Crippen LogP contribution in [0.15, 0.2) is 30.3 Å². The van der Waals surface area contributed by atoms with Crippen molar-refractivity contribution in [1.29, 1.82) is 0 Å². The topological polar surface area (TPSA) is 59.4 Å². The standard InChI is InChI=1S/C16H19NO3S/c1-4-20-13(10(2)3)15-17-12(16(18)19)14(21-15)11-8-6-5-7-9-11/h5-10,13H,4H2,1-3H3,(H,18,19). The summed E-state index contributed by atoms with van der Waals surface area (Å²) < 4.78 is 5.73. The number of carbonyl (C=O) groups is 1. The Labute approximate surface area is 128 Å². The number of hydrogen-bond acceptors (Lipinski definition) is 4. The van der Waals surface area contributed by atoms with Crippen molar-refractivity contribution >= 4 is 17.3 Å². The average Bonchev–Trinajstić information content (AvgIpc) is 2.90. The number of hydrogen-bond donors (Lipinski definition) is 1. The molecule has 1 atom stereocenters. The molecule has 21 heavy (non-hydrogen) atoms. The fraction of sp³-hybridized carbons (Fsp3) is 0.375. The third kappa shape index (κ3) is 3.49. The zero-order valence-corrected chi connectivity index (χ0v) is 13.2. The van der Waals surface area contributed by atoms with Gasteiger partial charge in [-0.2, -0.15) is 0 Å².